The second kappa shape index (κ2) is 5.75. The van der Waals surface area contributed by atoms with E-state index in [4.69, 9.17) is 4.74 Å². The summed E-state index contributed by atoms with van der Waals surface area (Å²) in [5.74, 6) is 1.19. The molecule has 0 aromatic heterocycles. The standard InChI is InChI=1S/C21H23BrO/c1-12-8-15-9-16(10-18(15)13(2)21(12)22)20-17-7-5-4-6-14(17)11-19(20)23-3/h4-8,16,19-20H,9-11H2,1-3H3. The number of hydrogen-bond acceptors (Lipinski definition) is 1. The second-order valence-electron chi connectivity index (χ2n) is 7.14. The first-order valence-electron chi connectivity index (χ1n) is 8.48. The average Bonchev–Trinajstić information content (AvgIpc) is 3.13. The molecule has 4 rings (SSSR count). The zero-order valence-electron chi connectivity index (χ0n) is 14.0. The largest absolute Gasteiger partial charge is 0.380 e. The SMILES string of the molecule is COC1Cc2ccccc2C1C1Cc2cc(C)c(Br)c(C)c2C1. The summed E-state index contributed by atoms with van der Waals surface area (Å²) in [6.45, 7) is 4.46. The molecule has 0 aliphatic heterocycles. The summed E-state index contributed by atoms with van der Waals surface area (Å²) < 4.78 is 7.17. The first-order chi connectivity index (χ1) is 11.1. The van der Waals surface area contributed by atoms with Crippen LogP contribution in [0.25, 0.3) is 0 Å². The summed E-state index contributed by atoms with van der Waals surface area (Å²) in [7, 11) is 1.87. The maximum Gasteiger partial charge on any atom is 0.0683 e. The minimum Gasteiger partial charge on any atom is -0.380 e. The van der Waals surface area contributed by atoms with Crippen LogP contribution in [-0.4, -0.2) is 13.2 Å². The molecule has 2 aromatic rings. The number of methoxy groups -OCH3 is 1. The van der Waals surface area contributed by atoms with Crippen LogP contribution in [0.2, 0.25) is 0 Å². The number of benzene rings is 2. The number of hydrogen-bond donors (Lipinski definition) is 0. The molecule has 3 atom stereocenters. The Kier molecular flexibility index (Phi) is 3.85. The summed E-state index contributed by atoms with van der Waals surface area (Å²) >= 11 is 3.76. The highest BCUT2D eigenvalue weighted by Crippen LogP contribution is 2.46. The molecule has 23 heavy (non-hydrogen) atoms. The van der Waals surface area contributed by atoms with Crippen molar-refractivity contribution in [3.63, 3.8) is 0 Å². The zero-order valence-corrected chi connectivity index (χ0v) is 15.6. The third kappa shape index (κ3) is 2.38. The van der Waals surface area contributed by atoms with Crippen LogP contribution in [0.5, 0.6) is 0 Å². The van der Waals surface area contributed by atoms with Crippen LogP contribution in [0, 0.1) is 19.8 Å². The topological polar surface area (TPSA) is 9.23 Å². The highest BCUT2D eigenvalue weighted by Gasteiger charge is 2.40. The van der Waals surface area contributed by atoms with Gasteiger partial charge in [0.1, 0.15) is 0 Å². The fourth-order valence-corrected chi connectivity index (χ4v) is 5.15. The molecule has 0 amide bonds. The fourth-order valence-electron chi connectivity index (χ4n) is 4.79. The van der Waals surface area contributed by atoms with E-state index in [1.54, 1.807) is 11.1 Å². The predicted octanol–water partition coefficient (Wildman–Crippen LogP) is 5.14. The Morgan fingerprint density at radius 2 is 1.83 bits per heavy atom. The normalized spacial score (nSPS) is 25.5. The van der Waals surface area contributed by atoms with Gasteiger partial charge < -0.3 is 4.74 Å². The number of halogens is 1. The molecular weight excluding hydrogens is 348 g/mol. The Morgan fingerprint density at radius 3 is 2.61 bits per heavy atom. The smallest absolute Gasteiger partial charge is 0.0683 e. The lowest BCUT2D eigenvalue weighted by Gasteiger charge is -2.25. The number of rotatable bonds is 2. The third-order valence-electron chi connectivity index (χ3n) is 5.90. The van der Waals surface area contributed by atoms with Gasteiger partial charge in [0.25, 0.3) is 0 Å². The van der Waals surface area contributed by atoms with Gasteiger partial charge in [-0.05, 0) is 72.4 Å². The van der Waals surface area contributed by atoms with Gasteiger partial charge in [0.2, 0.25) is 0 Å². The van der Waals surface area contributed by atoms with E-state index in [9.17, 15) is 0 Å². The van der Waals surface area contributed by atoms with Gasteiger partial charge in [-0.2, -0.15) is 0 Å². The van der Waals surface area contributed by atoms with E-state index in [2.05, 4.69) is 60.1 Å². The Hall–Kier alpha value is -1.12. The van der Waals surface area contributed by atoms with E-state index < -0.39 is 0 Å². The van der Waals surface area contributed by atoms with E-state index >= 15 is 0 Å². The van der Waals surface area contributed by atoms with Gasteiger partial charge in [0.05, 0.1) is 6.10 Å². The maximum atomic E-state index is 5.89. The zero-order chi connectivity index (χ0) is 16.1. The minimum atomic E-state index is 0.330. The van der Waals surface area contributed by atoms with Crippen LogP contribution in [0.3, 0.4) is 0 Å². The monoisotopic (exact) mass is 370 g/mol. The maximum absolute atomic E-state index is 5.89. The number of aryl methyl sites for hydroxylation is 1. The molecule has 0 radical (unpaired) electrons. The lowest BCUT2D eigenvalue weighted by atomic mass is 9.83. The van der Waals surface area contributed by atoms with E-state index in [0.717, 1.165) is 6.42 Å². The third-order valence-corrected chi connectivity index (χ3v) is 7.12. The van der Waals surface area contributed by atoms with Crippen molar-refractivity contribution in [3.8, 4) is 0 Å². The van der Waals surface area contributed by atoms with Crippen molar-refractivity contribution in [2.24, 2.45) is 5.92 Å². The second-order valence-corrected chi connectivity index (χ2v) is 7.93. The molecule has 0 spiro atoms. The fraction of sp³-hybridized carbons (Fsp3) is 0.429. The van der Waals surface area contributed by atoms with Gasteiger partial charge in [-0.25, -0.2) is 0 Å². The lowest BCUT2D eigenvalue weighted by Crippen LogP contribution is -2.24. The summed E-state index contributed by atoms with van der Waals surface area (Å²) in [5.41, 5.74) is 8.90. The average molecular weight is 371 g/mol. The van der Waals surface area contributed by atoms with Crippen molar-refractivity contribution < 1.29 is 4.74 Å². The number of ether oxygens (including phenoxy) is 1. The van der Waals surface area contributed by atoms with Crippen molar-refractivity contribution in [2.45, 2.75) is 45.1 Å². The molecule has 0 saturated carbocycles. The molecule has 0 bridgehead atoms. The molecule has 0 saturated heterocycles. The van der Waals surface area contributed by atoms with Crippen molar-refractivity contribution in [3.05, 3.63) is 68.2 Å². The molecule has 0 fully saturated rings. The number of fused-ring (bicyclic) bond motifs is 2. The molecule has 2 aromatic carbocycles. The van der Waals surface area contributed by atoms with Gasteiger partial charge in [-0.1, -0.05) is 46.3 Å². The van der Waals surface area contributed by atoms with E-state index in [-0.39, 0.29) is 0 Å². The van der Waals surface area contributed by atoms with Crippen LogP contribution in [0.1, 0.15) is 39.3 Å². The Labute approximate surface area is 147 Å². The molecule has 0 N–H and O–H groups in total. The molecule has 3 unspecified atom stereocenters. The van der Waals surface area contributed by atoms with E-state index in [1.165, 1.54) is 39.6 Å². The first-order valence-corrected chi connectivity index (χ1v) is 9.27. The van der Waals surface area contributed by atoms with Crippen LogP contribution in [0.15, 0.2) is 34.8 Å². The van der Waals surface area contributed by atoms with Crippen LogP contribution >= 0.6 is 15.9 Å². The summed E-state index contributed by atoms with van der Waals surface area (Å²) in [6, 6.07) is 11.3. The van der Waals surface area contributed by atoms with Gasteiger partial charge in [0, 0.05) is 17.5 Å². The summed E-state index contributed by atoms with van der Waals surface area (Å²) in [4.78, 5) is 0. The van der Waals surface area contributed by atoms with Gasteiger partial charge in [-0.15, -0.1) is 0 Å². The van der Waals surface area contributed by atoms with Crippen molar-refractivity contribution in [2.75, 3.05) is 7.11 Å². The molecule has 120 valence electrons. The van der Waals surface area contributed by atoms with Crippen LogP contribution in [-0.2, 0) is 24.0 Å². The quantitative estimate of drug-likeness (QED) is 0.711. The molecular formula is C21H23BrO. The van der Waals surface area contributed by atoms with Crippen molar-refractivity contribution in [1.29, 1.82) is 0 Å². The Balaban J connectivity index is 1.71. The summed E-state index contributed by atoms with van der Waals surface area (Å²) in [6.07, 6.45) is 3.75. The minimum absolute atomic E-state index is 0.330. The van der Waals surface area contributed by atoms with Crippen LogP contribution < -0.4 is 0 Å². The first kappa shape index (κ1) is 15.4. The summed E-state index contributed by atoms with van der Waals surface area (Å²) in [5, 5.41) is 0. The lowest BCUT2D eigenvalue weighted by molar-refractivity contribution is 0.0717. The predicted molar refractivity (Wildman–Crippen MR) is 98.2 cm³/mol. The van der Waals surface area contributed by atoms with E-state index in [0.29, 0.717) is 17.9 Å². The highest BCUT2D eigenvalue weighted by molar-refractivity contribution is 9.10. The Morgan fingerprint density at radius 1 is 1.04 bits per heavy atom. The van der Waals surface area contributed by atoms with Crippen molar-refractivity contribution in [1.82, 2.24) is 0 Å². The van der Waals surface area contributed by atoms with Crippen molar-refractivity contribution >= 4 is 15.9 Å². The molecule has 2 aliphatic carbocycles. The highest BCUT2D eigenvalue weighted by atomic mass is 79.9. The van der Waals surface area contributed by atoms with Gasteiger partial charge in [0.15, 0.2) is 0 Å². The molecule has 2 heteroatoms. The molecule has 1 nitrogen and oxygen atoms in total. The van der Waals surface area contributed by atoms with Crippen LogP contribution in [0.4, 0.5) is 0 Å². The van der Waals surface area contributed by atoms with Gasteiger partial charge in [-0.3, -0.25) is 0 Å². The Bertz CT molecular complexity index is 765. The van der Waals surface area contributed by atoms with Gasteiger partial charge >= 0.3 is 0 Å². The molecule has 2 aliphatic rings. The van der Waals surface area contributed by atoms with E-state index in [1.807, 2.05) is 7.11 Å². The molecule has 0 heterocycles.